The van der Waals surface area contributed by atoms with Crippen molar-refractivity contribution in [2.24, 2.45) is 5.18 Å². The molecular weight excluding hydrogens is 238 g/mol. The number of anilines is 1. The molecule has 102 valence electrons. The van der Waals surface area contributed by atoms with Gasteiger partial charge in [-0.3, -0.25) is 0 Å². The fourth-order valence-electron chi connectivity index (χ4n) is 3.37. The van der Waals surface area contributed by atoms with Crippen molar-refractivity contribution in [2.45, 2.75) is 37.6 Å². The van der Waals surface area contributed by atoms with Crippen molar-refractivity contribution in [1.29, 1.82) is 0 Å². The largest absolute Gasteiger partial charge is 0.371 e. The second-order valence-corrected chi connectivity index (χ2v) is 5.76. The summed E-state index contributed by atoms with van der Waals surface area (Å²) in [7, 11) is 0. The topological polar surface area (TPSA) is 44.7 Å². The Hall–Kier alpha value is -1.42. The van der Waals surface area contributed by atoms with Gasteiger partial charge in [0.15, 0.2) is 0 Å². The first-order valence-electron chi connectivity index (χ1n) is 7.25. The van der Waals surface area contributed by atoms with Crippen LogP contribution in [0.4, 0.5) is 11.4 Å². The van der Waals surface area contributed by atoms with Gasteiger partial charge in [0.05, 0.1) is 0 Å². The van der Waals surface area contributed by atoms with E-state index >= 15 is 0 Å². The summed E-state index contributed by atoms with van der Waals surface area (Å²) in [6.45, 7) is 3.38. The molecule has 19 heavy (non-hydrogen) atoms. The van der Waals surface area contributed by atoms with Crippen LogP contribution in [0.1, 0.15) is 32.1 Å². The summed E-state index contributed by atoms with van der Waals surface area (Å²) in [6, 6.07) is 7.60. The molecule has 0 bridgehead atoms. The van der Waals surface area contributed by atoms with E-state index in [0.717, 1.165) is 13.1 Å². The highest BCUT2D eigenvalue weighted by Gasteiger charge is 2.35. The first kappa shape index (κ1) is 12.6. The van der Waals surface area contributed by atoms with Crippen molar-refractivity contribution in [3.8, 4) is 0 Å². The minimum Gasteiger partial charge on any atom is -0.371 e. The molecule has 0 amide bonds. The van der Waals surface area contributed by atoms with Crippen molar-refractivity contribution < 1.29 is 0 Å². The van der Waals surface area contributed by atoms with E-state index in [4.69, 9.17) is 0 Å². The van der Waals surface area contributed by atoms with Crippen LogP contribution in [-0.2, 0) is 0 Å². The molecule has 2 saturated heterocycles. The zero-order chi connectivity index (χ0) is 13.1. The number of nitrogens with one attached hydrogen (secondary N) is 1. The number of piperidine rings is 2. The van der Waals surface area contributed by atoms with Gasteiger partial charge in [0.1, 0.15) is 5.69 Å². The highest BCUT2D eigenvalue weighted by Crippen LogP contribution is 2.32. The number of hydrogen-bond donors (Lipinski definition) is 1. The van der Waals surface area contributed by atoms with Crippen molar-refractivity contribution in [3.63, 3.8) is 0 Å². The van der Waals surface area contributed by atoms with Crippen LogP contribution in [0, 0.1) is 4.91 Å². The molecule has 0 radical (unpaired) electrons. The fraction of sp³-hybridized carbons (Fsp3) is 0.600. The molecule has 0 saturated carbocycles. The average molecular weight is 259 g/mol. The van der Waals surface area contributed by atoms with Gasteiger partial charge in [0.25, 0.3) is 0 Å². The summed E-state index contributed by atoms with van der Waals surface area (Å²) in [5, 5.41) is 6.69. The van der Waals surface area contributed by atoms with Gasteiger partial charge in [0, 0.05) is 24.3 Å². The van der Waals surface area contributed by atoms with E-state index in [1.807, 2.05) is 12.1 Å². The molecule has 4 heteroatoms. The standard InChI is InChI=1S/C15H21N3O/c19-17-13-3-5-14(6-4-13)18-11-8-15(9-12-18)7-1-2-10-16-15/h3-6,16H,1-2,7-12H2. The van der Waals surface area contributed by atoms with Crippen LogP contribution in [0.3, 0.4) is 0 Å². The van der Waals surface area contributed by atoms with E-state index in [0.29, 0.717) is 11.2 Å². The quantitative estimate of drug-likeness (QED) is 0.829. The third-order valence-electron chi connectivity index (χ3n) is 4.62. The Kier molecular flexibility index (Phi) is 3.51. The zero-order valence-electron chi connectivity index (χ0n) is 11.3. The Morgan fingerprint density at radius 3 is 2.37 bits per heavy atom. The Labute approximate surface area is 114 Å². The van der Waals surface area contributed by atoms with Gasteiger partial charge in [-0.2, -0.15) is 0 Å². The Morgan fingerprint density at radius 2 is 1.79 bits per heavy atom. The van der Waals surface area contributed by atoms with E-state index in [9.17, 15) is 4.91 Å². The molecular formula is C15H21N3O. The smallest absolute Gasteiger partial charge is 0.108 e. The van der Waals surface area contributed by atoms with Crippen molar-refractivity contribution in [3.05, 3.63) is 29.2 Å². The molecule has 2 aliphatic rings. The molecule has 0 atom stereocenters. The Bertz CT molecular complexity index is 427. The van der Waals surface area contributed by atoms with E-state index < -0.39 is 0 Å². The van der Waals surface area contributed by atoms with Gasteiger partial charge in [-0.25, -0.2) is 0 Å². The first-order chi connectivity index (χ1) is 9.31. The van der Waals surface area contributed by atoms with E-state index in [2.05, 4.69) is 15.4 Å². The molecule has 3 rings (SSSR count). The van der Waals surface area contributed by atoms with Crippen LogP contribution in [0.2, 0.25) is 0 Å². The third-order valence-corrected chi connectivity index (χ3v) is 4.62. The van der Waals surface area contributed by atoms with Crippen molar-refractivity contribution in [1.82, 2.24) is 5.32 Å². The number of nitroso groups, excluding NO2 is 1. The molecule has 1 N–H and O–H groups in total. The summed E-state index contributed by atoms with van der Waals surface area (Å²) >= 11 is 0. The molecule has 4 nitrogen and oxygen atoms in total. The summed E-state index contributed by atoms with van der Waals surface area (Å²) < 4.78 is 0. The van der Waals surface area contributed by atoms with Crippen molar-refractivity contribution >= 4 is 11.4 Å². The average Bonchev–Trinajstić information content (AvgIpc) is 2.49. The first-order valence-corrected chi connectivity index (χ1v) is 7.25. The highest BCUT2D eigenvalue weighted by atomic mass is 16.3. The lowest BCUT2D eigenvalue weighted by molar-refractivity contribution is 0.206. The maximum absolute atomic E-state index is 10.4. The lowest BCUT2D eigenvalue weighted by Gasteiger charge is -2.45. The van der Waals surface area contributed by atoms with Gasteiger partial charge in [0.2, 0.25) is 0 Å². The van der Waals surface area contributed by atoms with Gasteiger partial charge in [-0.1, -0.05) is 6.42 Å². The SMILES string of the molecule is O=Nc1ccc(N2CCC3(CCCCN3)CC2)cc1. The maximum atomic E-state index is 10.4. The van der Waals surface area contributed by atoms with Crippen molar-refractivity contribution in [2.75, 3.05) is 24.5 Å². The summed E-state index contributed by atoms with van der Waals surface area (Å²) in [4.78, 5) is 12.8. The van der Waals surface area contributed by atoms with Crippen LogP contribution in [-0.4, -0.2) is 25.2 Å². The molecule has 1 aromatic carbocycles. The summed E-state index contributed by atoms with van der Waals surface area (Å²) in [6.07, 6.45) is 6.47. The van der Waals surface area contributed by atoms with Gasteiger partial charge in [-0.05, 0) is 61.7 Å². The molecule has 2 fully saturated rings. The van der Waals surface area contributed by atoms with Gasteiger partial charge < -0.3 is 10.2 Å². The fourth-order valence-corrected chi connectivity index (χ4v) is 3.37. The Morgan fingerprint density at radius 1 is 1.05 bits per heavy atom. The lowest BCUT2D eigenvalue weighted by Crippen LogP contribution is -2.55. The van der Waals surface area contributed by atoms with E-state index in [1.54, 1.807) is 12.1 Å². The molecule has 1 aromatic rings. The molecule has 0 unspecified atom stereocenters. The minimum atomic E-state index is 0.402. The number of hydrogen-bond acceptors (Lipinski definition) is 4. The second-order valence-electron chi connectivity index (χ2n) is 5.76. The monoisotopic (exact) mass is 259 g/mol. The lowest BCUT2D eigenvalue weighted by atomic mass is 9.80. The second kappa shape index (κ2) is 5.29. The third kappa shape index (κ3) is 2.63. The van der Waals surface area contributed by atoms with Crippen LogP contribution in [0.15, 0.2) is 29.4 Å². The van der Waals surface area contributed by atoms with Gasteiger partial charge >= 0.3 is 0 Å². The number of rotatable bonds is 2. The Balaban J connectivity index is 1.64. The molecule has 0 aromatic heterocycles. The number of benzene rings is 1. The molecule has 0 aliphatic carbocycles. The van der Waals surface area contributed by atoms with Crippen LogP contribution >= 0.6 is 0 Å². The van der Waals surface area contributed by atoms with Crippen LogP contribution in [0.25, 0.3) is 0 Å². The molecule has 1 spiro atoms. The molecule has 2 heterocycles. The normalized spacial score (nSPS) is 22.4. The molecule has 2 aliphatic heterocycles. The minimum absolute atomic E-state index is 0.402. The maximum Gasteiger partial charge on any atom is 0.108 e. The van der Waals surface area contributed by atoms with E-state index in [1.165, 1.54) is 44.3 Å². The zero-order valence-corrected chi connectivity index (χ0v) is 11.3. The van der Waals surface area contributed by atoms with E-state index in [-0.39, 0.29) is 0 Å². The van der Waals surface area contributed by atoms with Crippen LogP contribution in [0.5, 0.6) is 0 Å². The van der Waals surface area contributed by atoms with Gasteiger partial charge in [-0.15, -0.1) is 4.91 Å². The predicted octanol–water partition coefficient (Wildman–Crippen LogP) is 3.20. The highest BCUT2D eigenvalue weighted by molar-refractivity contribution is 5.53. The summed E-state index contributed by atoms with van der Waals surface area (Å²) in [5.74, 6) is 0. The predicted molar refractivity (Wildman–Crippen MR) is 77.9 cm³/mol. The number of nitrogens with zero attached hydrogens (tertiary/aromatic N) is 2. The summed E-state index contributed by atoms with van der Waals surface area (Å²) in [5.41, 5.74) is 2.11. The van der Waals surface area contributed by atoms with Crippen LogP contribution < -0.4 is 10.2 Å².